The molecule has 3 heteroatoms. The number of piperidine rings is 1. The molecule has 2 fully saturated rings. The maximum Gasteiger partial charge on any atom is 0.0510 e. The third kappa shape index (κ3) is 2.76. The maximum atomic E-state index is 5.98. The summed E-state index contributed by atoms with van der Waals surface area (Å²) in [7, 11) is 0. The van der Waals surface area contributed by atoms with Crippen molar-refractivity contribution in [3.63, 3.8) is 0 Å². The van der Waals surface area contributed by atoms with Gasteiger partial charge < -0.3 is 10.5 Å². The van der Waals surface area contributed by atoms with E-state index in [2.05, 4.69) is 18.7 Å². The van der Waals surface area contributed by atoms with Crippen molar-refractivity contribution in [1.82, 2.24) is 4.90 Å². The minimum absolute atomic E-state index is 0.549. The molecule has 0 aromatic heterocycles. The Morgan fingerprint density at radius 1 is 1.31 bits per heavy atom. The number of hydrogen-bond acceptors (Lipinski definition) is 3. The van der Waals surface area contributed by atoms with E-state index in [0.29, 0.717) is 12.0 Å². The van der Waals surface area contributed by atoms with Crippen LogP contribution in [0.15, 0.2) is 0 Å². The van der Waals surface area contributed by atoms with Crippen LogP contribution in [0, 0.1) is 17.8 Å². The first kappa shape index (κ1) is 12.3. The third-order valence-corrected chi connectivity index (χ3v) is 4.12. The lowest BCUT2D eigenvalue weighted by Crippen LogP contribution is -2.51. The first-order valence-corrected chi connectivity index (χ1v) is 6.72. The van der Waals surface area contributed by atoms with Crippen LogP contribution in [0.4, 0.5) is 0 Å². The summed E-state index contributed by atoms with van der Waals surface area (Å²) >= 11 is 0. The van der Waals surface area contributed by atoms with Crippen molar-refractivity contribution in [2.24, 2.45) is 23.5 Å². The average Bonchev–Trinajstić information content (AvgIpc) is 2.70. The number of nitrogens with zero attached hydrogens (tertiary/aromatic N) is 1. The van der Waals surface area contributed by atoms with Gasteiger partial charge in [-0.25, -0.2) is 0 Å². The van der Waals surface area contributed by atoms with Crippen LogP contribution in [-0.4, -0.2) is 43.8 Å². The Kier molecular flexibility index (Phi) is 4.22. The molecule has 0 radical (unpaired) electrons. The van der Waals surface area contributed by atoms with E-state index in [4.69, 9.17) is 10.5 Å². The Hall–Kier alpha value is -0.120. The molecule has 2 N–H and O–H groups in total. The Balaban J connectivity index is 1.96. The summed E-state index contributed by atoms with van der Waals surface area (Å²) < 4.78 is 5.50. The molecule has 16 heavy (non-hydrogen) atoms. The zero-order valence-corrected chi connectivity index (χ0v) is 10.7. The van der Waals surface area contributed by atoms with Crippen molar-refractivity contribution in [2.75, 3.05) is 32.8 Å². The molecule has 2 aliphatic heterocycles. The van der Waals surface area contributed by atoms with Gasteiger partial charge >= 0.3 is 0 Å². The van der Waals surface area contributed by atoms with Gasteiger partial charge in [-0.15, -0.1) is 0 Å². The highest BCUT2D eigenvalue weighted by Gasteiger charge is 2.33. The number of ether oxygens (including phenoxy) is 1. The topological polar surface area (TPSA) is 38.5 Å². The van der Waals surface area contributed by atoms with E-state index in [9.17, 15) is 0 Å². The summed E-state index contributed by atoms with van der Waals surface area (Å²) in [5.74, 6) is 2.31. The standard InChI is InChI=1S/C13H26N2O/c1-10-5-11(2)8-15(7-10)13(6-14)12-3-4-16-9-12/h10-13H,3-9,14H2,1-2H3. The van der Waals surface area contributed by atoms with Gasteiger partial charge in [-0.2, -0.15) is 0 Å². The van der Waals surface area contributed by atoms with Crippen LogP contribution in [-0.2, 0) is 4.74 Å². The predicted molar refractivity (Wildman–Crippen MR) is 66.3 cm³/mol. The molecule has 2 heterocycles. The van der Waals surface area contributed by atoms with E-state index in [1.54, 1.807) is 0 Å². The van der Waals surface area contributed by atoms with Crippen LogP contribution in [0.25, 0.3) is 0 Å². The molecule has 0 aliphatic carbocycles. The zero-order chi connectivity index (χ0) is 11.5. The highest BCUT2D eigenvalue weighted by molar-refractivity contribution is 4.87. The van der Waals surface area contributed by atoms with Gasteiger partial charge in [-0.05, 0) is 24.7 Å². The van der Waals surface area contributed by atoms with Crippen molar-refractivity contribution in [2.45, 2.75) is 32.7 Å². The van der Waals surface area contributed by atoms with Gasteiger partial charge in [0.15, 0.2) is 0 Å². The van der Waals surface area contributed by atoms with E-state index in [-0.39, 0.29) is 0 Å². The molecule has 2 saturated heterocycles. The van der Waals surface area contributed by atoms with Gasteiger partial charge in [-0.3, -0.25) is 4.90 Å². The van der Waals surface area contributed by atoms with Crippen LogP contribution >= 0.6 is 0 Å². The summed E-state index contributed by atoms with van der Waals surface area (Å²) in [6.45, 7) is 9.81. The van der Waals surface area contributed by atoms with Crippen LogP contribution in [0.2, 0.25) is 0 Å². The smallest absolute Gasteiger partial charge is 0.0510 e. The van der Waals surface area contributed by atoms with Gasteiger partial charge in [0.25, 0.3) is 0 Å². The van der Waals surface area contributed by atoms with Gasteiger partial charge in [0, 0.05) is 38.2 Å². The fourth-order valence-corrected chi connectivity index (χ4v) is 3.48. The van der Waals surface area contributed by atoms with Gasteiger partial charge in [0.1, 0.15) is 0 Å². The van der Waals surface area contributed by atoms with Crippen molar-refractivity contribution in [3.05, 3.63) is 0 Å². The largest absolute Gasteiger partial charge is 0.381 e. The monoisotopic (exact) mass is 226 g/mol. The Bertz CT molecular complexity index is 206. The molecule has 4 unspecified atom stereocenters. The fraction of sp³-hybridized carbons (Fsp3) is 1.00. The highest BCUT2D eigenvalue weighted by atomic mass is 16.5. The maximum absolute atomic E-state index is 5.98. The molecular weight excluding hydrogens is 200 g/mol. The van der Waals surface area contributed by atoms with Crippen molar-refractivity contribution < 1.29 is 4.74 Å². The summed E-state index contributed by atoms with van der Waals surface area (Å²) in [5, 5.41) is 0. The minimum Gasteiger partial charge on any atom is -0.381 e. The Labute approximate surface area is 99.3 Å². The SMILES string of the molecule is CC1CC(C)CN(C(CN)C2CCOC2)C1. The lowest BCUT2D eigenvalue weighted by molar-refractivity contribution is 0.0628. The van der Waals surface area contributed by atoms with Gasteiger partial charge in [0.2, 0.25) is 0 Å². The molecule has 0 aromatic rings. The summed E-state index contributed by atoms with van der Waals surface area (Å²) in [5.41, 5.74) is 5.98. The minimum atomic E-state index is 0.549. The summed E-state index contributed by atoms with van der Waals surface area (Å²) in [6.07, 6.45) is 2.57. The lowest BCUT2D eigenvalue weighted by Gasteiger charge is -2.41. The quantitative estimate of drug-likeness (QED) is 0.789. The van der Waals surface area contributed by atoms with E-state index in [1.807, 2.05) is 0 Å². The van der Waals surface area contributed by atoms with Crippen LogP contribution < -0.4 is 5.73 Å². The van der Waals surface area contributed by atoms with Crippen LogP contribution in [0.5, 0.6) is 0 Å². The Morgan fingerprint density at radius 2 is 2.00 bits per heavy atom. The van der Waals surface area contributed by atoms with E-state index >= 15 is 0 Å². The number of nitrogens with two attached hydrogens (primary N) is 1. The lowest BCUT2D eigenvalue weighted by atomic mass is 9.88. The molecule has 0 amide bonds. The van der Waals surface area contributed by atoms with E-state index in [1.165, 1.54) is 25.9 Å². The number of hydrogen-bond donors (Lipinski definition) is 1. The molecule has 2 aliphatic rings. The zero-order valence-electron chi connectivity index (χ0n) is 10.7. The molecule has 0 spiro atoms. The first-order chi connectivity index (χ1) is 7.70. The van der Waals surface area contributed by atoms with Crippen molar-refractivity contribution in [1.29, 1.82) is 0 Å². The predicted octanol–water partition coefficient (Wildman–Crippen LogP) is 1.33. The molecule has 0 bridgehead atoms. The van der Waals surface area contributed by atoms with Crippen molar-refractivity contribution in [3.8, 4) is 0 Å². The average molecular weight is 226 g/mol. The number of rotatable bonds is 3. The molecule has 94 valence electrons. The molecule has 0 saturated carbocycles. The second kappa shape index (κ2) is 5.48. The van der Waals surface area contributed by atoms with Crippen molar-refractivity contribution >= 4 is 0 Å². The van der Waals surface area contributed by atoms with Gasteiger partial charge in [-0.1, -0.05) is 13.8 Å². The van der Waals surface area contributed by atoms with E-state index < -0.39 is 0 Å². The molecular formula is C13H26N2O. The third-order valence-electron chi connectivity index (χ3n) is 4.12. The molecule has 0 aromatic carbocycles. The fourth-order valence-electron chi connectivity index (χ4n) is 3.48. The highest BCUT2D eigenvalue weighted by Crippen LogP contribution is 2.27. The molecule has 2 rings (SSSR count). The molecule has 4 atom stereocenters. The summed E-state index contributed by atoms with van der Waals surface area (Å²) in [6, 6.07) is 0.549. The van der Waals surface area contributed by atoms with Crippen LogP contribution in [0.1, 0.15) is 26.7 Å². The number of likely N-dealkylation sites (tertiary alicyclic amines) is 1. The first-order valence-electron chi connectivity index (χ1n) is 6.72. The normalized spacial score (nSPS) is 38.8. The van der Waals surface area contributed by atoms with Gasteiger partial charge in [0.05, 0.1) is 6.61 Å². The second-order valence-corrected chi connectivity index (χ2v) is 5.83. The van der Waals surface area contributed by atoms with Crippen LogP contribution in [0.3, 0.4) is 0 Å². The van der Waals surface area contributed by atoms with E-state index in [0.717, 1.165) is 31.6 Å². The second-order valence-electron chi connectivity index (χ2n) is 5.83. The molecule has 3 nitrogen and oxygen atoms in total. The Morgan fingerprint density at radius 3 is 2.50 bits per heavy atom. The summed E-state index contributed by atoms with van der Waals surface area (Å²) in [4.78, 5) is 2.62.